The van der Waals surface area contributed by atoms with Crippen LogP contribution in [0.5, 0.6) is 5.75 Å². The maximum absolute atomic E-state index is 12.7. The number of anilines is 1. The molecular weight excluding hydrogens is 501 g/mol. The number of phosphoric ester groups is 1. The summed E-state index contributed by atoms with van der Waals surface area (Å²) < 4.78 is 42.7. The average Bonchev–Trinajstić information content (AvgIpc) is 3.45. The summed E-state index contributed by atoms with van der Waals surface area (Å²) in [6, 6.07) is 11.6. The minimum Gasteiger partial charge on any atom is -0.403 e. The number of benzene rings is 1. The Balaban J connectivity index is 1.45. The number of nitriles is 1. The summed E-state index contributed by atoms with van der Waals surface area (Å²) in [4.78, 5) is 14.3. The van der Waals surface area contributed by atoms with Crippen LogP contribution < -0.4 is 10.3 Å². The molecule has 0 saturated carbocycles. The van der Waals surface area contributed by atoms with E-state index in [0.29, 0.717) is 11.2 Å². The molecule has 35 heavy (non-hydrogen) atoms. The van der Waals surface area contributed by atoms with Gasteiger partial charge in [-0.25, -0.2) is 14.1 Å². The molecule has 2 unspecified atom stereocenters. The van der Waals surface area contributed by atoms with Gasteiger partial charge < -0.3 is 24.5 Å². The third-order valence-electron chi connectivity index (χ3n) is 5.71. The zero-order valence-electron chi connectivity index (χ0n) is 18.6. The summed E-state index contributed by atoms with van der Waals surface area (Å²) in [5, 5.41) is 14.5. The van der Waals surface area contributed by atoms with E-state index in [2.05, 4.69) is 16.2 Å². The van der Waals surface area contributed by atoms with Gasteiger partial charge in [0.15, 0.2) is 11.6 Å². The first-order chi connectivity index (χ1) is 16.5. The number of hydrogen-bond donors (Lipinski definition) is 2. The minimum atomic E-state index is -4.70. The topological polar surface area (TPSA) is 163 Å². The first-order valence-corrected chi connectivity index (χ1v) is 12.4. The van der Waals surface area contributed by atoms with Crippen LogP contribution in [0.4, 0.5) is 5.82 Å². The lowest BCUT2D eigenvalue weighted by molar-refractivity contribution is -0.204. The summed E-state index contributed by atoms with van der Waals surface area (Å²) >= 11 is 6.00. The van der Waals surface area contributed by atoms with Crippen molar-refractivity contribution < 1.29 is 32.7 Å². The molecule has 5 rings (SSSR count). The number of para-hydroxylation sites is 1. The number of nitrogens with two attached hydrogens (primary N) is 1. The van der Waals surface area contributed by atoms with E-state index in [1.54, 1.807) is 38.1 Å². The zero-order chi connectivity index (χ0) is 25.0. The van der Waals surface area contributed by atoms with Crippen molar-refractivity contribution in [2.24, 2.45) is 0 Å². The molecule has 5 atom stereocenters. The fourth-order valence-corrected chi connectivity index (χ4v) is 5.28. The molecule has 0 bridgehead atoms. The molecule has 0 spiro atoms. The molecule has 3 N–H and O–H groups in total. The third-order valence-corrected chi connectivity index (χ3v) is 6.90. The predicted molar refractivity (Wildman–Crippen MR) is 121 cm³/mol. The Morgan fingerprint density at radius 2 is 2.06 bits per heavy atom. The number of fused-ring (bicyclic) bond motifs is 2. The number of ether oxygens (including phenoxy) is 3. The van der Waals surface area contributed by atoms with Crippen LogP contribution in [0.2, 0.25) is 5.02 Å². The van der Waals surface area contributed by atoms with Crippen molar-refractivity contribution in [2.75, 3.05) is 12.3 Å². The van der Waals surface area contributed by atoms with Crippen molar-refractivity contribution in [1.82, 2.24) is 14.6 Å². The van der Waals surface area contributed by atoms with E-state index in [4.69, 9.17) is 40.6 Å². The number of halogens is 1. The van der Waals surface area contributed by atoms with Gasteiger partial charge in [-0.15, -0.1) is 0 Å². The molecule has 2 aromatic heterocycles. The monoisotopic (exact) mass is 521 g/mol. The molecule has 0 amide bonds. The largest absolute Gasteiger partial charge is 0.527 e. The minimum absolute atomic E-state index is 0.0485. The molecule has 3 aromatic rings. The van der Waals surface area contributed by atoms with Gasteiger partial charge in [-0.2, -0.15) is 10.4 Å². The maximum Gasteiger partial charge on any atom is 0.527 e. The van der Waals surface area contributed by atoms with E-state index in [9.17, 15) is 14.7 Å². The van der Waals surface area contributed by atoms with Crippen LogP contribution >= 0.6 is 19.4 Å². The molecule has 12 nitrogen and oxygen atoms in total. The molecule has 2 saturated heterocycles. The van der Waals surface area contributed by atoms with Gasteiger partial charge >= 0.3 is 7.82 Å². The fourth-order valence-electron chi connectivity index (χ4n) is 4.23. The Morgan fingerprint density at radius 1 is 1.29 bits per heavy atom. The number of nitrogen functional groups attached to an aromatic ring is 1. The average molecular weight is 522 g/mol. The van der Waals surface area contributed by atoms with Gasteiger partial charge in [0.2, 0.25) is 5.60 Å². The highest BCUT2D eigenvalue weighted by molar-refractivity contribution is 7.47. The highest BCUT2D eigenvalue weighted by Gasteiger charge is 2.65. The molecule has 1 aromatic carbocycles. The molecule has 2 aliphatic heterocycles. The number of phosphoric acid groups is 1. The highest BCUT2D eigenvalue weighted by atomic mass is 35.5. The van der Waals surface area contributed by atoms with Gasteiger partial charge in [-0.05, 0) is 38.1 Å². The molecule has 0 aliphatic carbocycles. The second kappa shape index (κ2) is 8.43. The van der Waals surface area contributed by atoms with E-state index >= 15 is 0 Å². The molecule has 4 heterocycles. The van der Waals surface area contributed by atoms with Crippen molar-refractivity contribution in [3.8, 4) is 11.8 Å². The molecule has 14 heteroatoms. The van der Waals surface area contributed by atoms with Crippen LogP contribution in [0.25, 0.3) is 5.52 Å². The van der Waals surface area contributed by atoms with Crippen molar-refractivity contribution >= 4 is 30.8 Å². The molecule has 184 valence electrons. The maximum atomic E-state index is 12.7. The second-order valence-electron chi connectivity index (χ2n) is 8.52. The summed E-state index contributed by atoms with van der Waals surface area (Å²) in [6.45, 7) is 2.73. The number of hydrogen-bond acceptors (Lipinski definition) is 10. The lowest BCUT2D eigenvalue weighted by Crippen LogP contribution is -2.45. The van der Waals surface area contributed by atoms with Crippen molar-refractivity contribution in [3.05, 3.63) is 53.4 Å². The van der Waals surface area contributed by atoms with Crippen molar-refractivity contribution in [1.29, 1.82) is 5.26 Å². The SMILES string of the molecule is CC1(C)O[C@H]2C(c3ccc4c(N)ncnn34)O[C@](C#N)(COP(=O)(O)Oc3ccccc3Cl)[C@H]2O1. The molecule has 2 aliphatic rings. The van der Waals surface area contributed by atoms with E-state index in [1.807, 2.05) is 0 Å². The van der Waals surface area contributed by atoms with Crippen molar-refractivity contribution in [3.63, 3.8) is 0 Å². The van der Waals surface area contributed by atoms with Crippen LogP contribution in [0, 0.1) is 11.3 Å². The van der Waals surface area contributed by atoms with Gasteiger partial charge in [0.1, 0.15) is 48.6 Å². The van der Waals surface area contributed by atoms with Crippen LogP contribution in [0.1, 0.15) is 25.6 Å². The third kappa shape index (κ3) is 4.26. The highest BCUT2D eigenvalue weighted by Crippen LogP contribution is 2.53. The Kier molecular flexibility index (Phi) is 5.77. The van der Waals surface area contributed by atoms with Crippen LogP contribution in [0.3, 0.4) is 0 Å². The first-order valence-electron chi connectivity index (χ1n) is 10.5. The number of nitrogens with zero attached hydrogens (tertiary/aromatic N) is 4. The summed E-state index contributed by atoms with van der Waals surface area (Å²) in [5.74, 6) is -0.845. The zero-order valence-corrected chi connectivity index (χ0v) is 20.2. The van der Waals surface area contributed by atoms with E-state index in [-0.39, 0.29) is 16.6 Å². The quantitative estimate of drug-likeness (QED) is 0.458. The number of rotatable bonds is 6. The van der Waals surface area contributed by atoms with Crippen molar-refractivity contribution in [2.45, 2.75) is 43.5 Å². The fraction of sp³-hybridized carbons (Fsp3) is 0.381. The van der Waals surface area contributed by atoms with E-state index in [1.165, 1.54) is 23.0 Å². The van der Waals surface area contributed by atoms with Gasteiger partial charge in [0.25, 0.3) is 0 Å². The van der Waals surface area contributed by atoms with Crippen LogP contribution in [-0.2, 0) is 23.3 Å². The van der Waals surface area contributed by atoms with E-state index < -0.39 is 44.1 Å². The summed E-state index contributed by atoms with van der Waals surface area (Å²) in [7, 11) is -4.70. The predicted octanol–water partition coefficient (Wildman–Crippen LogP) is 3.01. The Labute approximate surface area is 204 Å². The normalized spacial score (nSPS) is 28.9. The smallest absolute Gasteiger partial charge is 0.403 e. The Morgan fingerprint density at radius 3 is 2.80 bits per heavy atom. The van der Waals surface area contributed by atoms with Crippen LogP contribution in [0.15, 0.2) is 42.7 Å². The number of aromatic nitrogens is 3. The van der Waals surface area contributed by atoms with Gasteiger partial charge in [0.05, 0.1) is 10.7 Å². The van der Waals surface area contributed by atoms with Gasteiger partial charge in [0, 0.05) is 0 Å². The first kappa shape index (κ1) is 24.0. The molecule has 2 fully saturated rings. The van der Waals surface area contributed by atoms with Crippen LogP contribution in [-0.4, -0.2) is 49.7 Å². The van der Waals surface area contributed by atoms with Gasteiger partial charge in [-0.1, -0.05) is 23.7 Å². The summed E-state index contributed by atoms with van der Waals surface area (Å²) in [5.41, 5.74) is 5.20. The second-order valence-corrected chi connectivity index (χ2v) is 10.3. The Bertz CT molecular complexity index is 1380. The molecular formula is C21H21ClN5O7P. The Hall–Kier alpha value is -2.75. The van der Waals surface area contributed by atoms with Gasteiger partial charge in [-0.3, -0.25) is 9.42 Å². The lowest BCUT2D eigenvalue weighted by atomic mass is 9.96. The lowest BCUT2D eigenvalue weighted by Gasteiger charge is -2.29. The summed E-state index contributed by atoms with van der Waals surface area (Å²) in [6.07, 6.45) is -1.27. The standard InChI is InChI=1S/C21H21ClN5O7P/c1-20(2)31-17-16(13-7-8-14-19(24)25-11-26-27(13)14)32-21(9-23,18(17)33-20)10-30-35(28,29)34-15-6-4-3-5-12(15)22/h3-8,11,16-18H,10H2,1-2H3,(H,28,29)(H2,24,25,26)/t16?,17-,18-,21+/m0/s1. The van der Waals surface area contributed by atoms with E-state index in [0.717, 1.165) is 0 Å². The molecule has 0 radical (unpaired) electrons.